The SMILES string of the molecule is Cc1ccc2nc(N3CCN(c4ccccc4C)CC3)c3nnc(N)n3c2c1. The first-order chi connectivity index (χ1) is 13.6. The topological polar surface area (TPSA) is 75.6 Å². The maximum Gasteiger partial charge on any atom is 0.227 e. The van der Waals surface area contributed by atoms with Gasteiger partial charge in [-0.1, -0.05) is 24.3 Å². The van der Waals surface area contributed by atoms with E-state index in [9.17, 15) is 0 Å². The first-order valence-electron chi connectivity index (χ1n) is 9.58. The molecule has 4 aromatic rings. The molecule has 1 aliphatic rings. The van der Waals surface area contributed by atoms with Crippen molar-refractivity contribution in [3.63, 3.8) is 0 Å². The number of anilines is 3. The minimum absolute atomic E-state index is 0.396. The predicted octanol–water partition coefficient (Wildman–Crippen LogP) is 2.80. The number of aryl methyl sites for hydroxylation is 2. The maximum absolute atomic E-state index is 6.14. The summed E-state index contributed by atoms with van der Waals surface area (Å²) < 4.78 is 1.92. The highest BCUT2D eigenvalue weighted by atomic mass is 15.3. The van der Waals surface area contributed by atoms with Crippen LogP contribution >= 0.6 is 0 Å². The Morgan fingerprint density at radius 1 is 0.893 bits per heavy atom. The molecule has 0 aliphatic carbocycles. The second-order valence-corrected chi connectivity index (χ2v) is 7.41. The average Bonchev–Trinajstić information content (AvgIpc) is 3.10. The number of nitrogens with zero attached hydrogens (tertiary/aromatic N) is 6. The fourth-order valence-electron chi connectivity index (χ4n) is 4.04. The molecule has 0 saturated carbocycles. The van der Waals surface area contributed by atoms with E-state index in [0.717, 1.165) is 54.2 Å². The molecule has 5 rings (SSSR count). The van der Waals surface area contributed by atoms with E-state index < -0.39 is 0 Å². The summed E-state index contributed by atoms with van der Waals surface area (Å²) in [6.45, 7) is 7.85. The van der Waals surface area contributed by atoms with E-state index in [1.165, 1.54) is 11.3 Å². The van der Waals surface area contributed by atoms with Gasteiger partial charge >= 0.3 is 0 Å². The fraction of sp³-hybridized carbons (Fsp3) is 0.286. The number of hydrogen-bond donors (Lipinski definition) is 1. The number of hydrogen-bond acceptors (Lipinski definition) is 6. The maximum atomic E-state index is 6.14. The molecule has 1 saturated heterocycles. The molecule has 2 aromatic carbocycles. The fourth-order valence-corrected chi connectivity index (χ4v) is 4.04. The van der Waals surface area contributed by atoms with Crippen LogP contribution in [0.3, 0.4) is 0 Å². The van der Waals surface area contributed by atoms with Crippen molar-refractivity contribution in [2.75, 3.05) is 41.7 Å². The van der Waals surface area contributed by atoms with Gasteiger partial charge in [-0.15, -0.1) is 10.2 Å². The van der Waals surface area contributed by atoms with E-state index in [-0.39, 0.29) is 0 Å². The molecule has 2 N–H and O–H groups in total. The molecule has 0 radical (unpaired) electrons. The lowest BCUT2D eigenvalue weighted by atomic mass is 10.1. The second kappa shape index (κ2) is 6.37. The third-order valence-electron chi connectivity index (χ3n) is 5.52. The van der Waals surface area contributed by atoms with E-state index in [1.54, 1.807) is 0 Å². The number of nitrogens with two attached hydrogens (primary N) is 1. The Morgan fingerprint density at radius 3 is 2.43 bits per heavy atom. The lowest BCUT2D eigenvalue weighted by Gasteiger charge is -2.37. The molecular formula is C21H23N7. The molecule has 142 valence electrons. The van der Waals surface area contributed by atoms with Crippen LogP contribution in [0.2, 0.25) is 0 Å². The van der Waals surface area contributed by atoms with Gasteiger partial charge in [-0.05, 0) is 43.2 Å². The van der Waals surface area contributed by atoms with Gasteiger partial charge in [0.25, 0.3) is 0 Å². The predicted molar refractivity (Wildman–Crippen MR) is 113 cm³/mol. The number of para-hydroxylation sites is 1. The van der Waals surface area contributed by atoms with Crippen molar-refractivity contribution in [2.24, 2.45) is 0 Å². The highest BCUT2D eigenvalue weighted by Crippen LogP contribution is 2.28. The van der Waals surface area contributed by atoms with Gasteiger partial charge in [0.1, 0.15) is 0 Å². The minimum atomic E-state index is 0.396. The molecule has 3 heterocycles. The third-order valence-corrected chi connectivity index (χ3v) is 5.52. The van der Waals surface area contributed by atoms with E-state index in [0.29, 0.717) is 5.95 Å². The van der Waals surface area contributed by atoms with Gasteiger partial charge in [-0.25, -0.2) is 4.98 Å². The van der Waals surface area contributed by atoms with Gasteiger partial charge in [0, 0.05) is 31.9 Å². The molecule has 28 heavy (non-hydrogen) atoms. The van der Waals surface area contributed by atoms with Gasteiger partial charge in [0.05, 0.1) is 11.0 Å². The number of aromatic nitrogens is 4. The van der Waals surface area contributed by atoms with E-state index in [1.807, 2.05) is 10.5 Å². The van der Waals surface area contributed by atoms with Crippen LogP contribution in [0.4, 0.5) is 17.5 Å². The molecule has 1 aliphatic heterocycles. The average molecular weight is 373 g/mol. The van der Waals surface area contributed by atoms with Crippen LogP contribution in [0.5, 0.6) is 0 Å². The van der Waals surface area contributed by atoms with Crippen LogP contribution in [0.1, 0.15) is 11.1 Å². The highest BCUT2D eigenvalue weighted by molar-refractivity contribution is 5.85. The summed E-state index contributed by atoms with van der Waals surface area (Å²) in [6, 6.07) is 14.7. The van der Waals surface area contributed by atoms with Crippen molar-refractivity contribution >= 4 is 34.1 Å². The molecule has 0 atom stereocenters. The normalized spacial score (nSPS) is 14.9. The van der Waals surface area contributed by atoms with Crippen LogP contribution < -0.4 is 15.5 Å². The summed E-state index contributed by atoms with van der Waals surface area (Å²) in [5, 5.41) is 8.45. The first kappa shape index (κ1) is 16.8. The van der Waals surface area contributed by atoms with Gasteiger partial charge in [0.2, 0.25) is 11.6 Å². The Morgan fingerprint density at radius 2 is 1.64 bits per heavy atom. The van der Waals surface area contributed by atoms with Crippen molar-refractivity contribution in [2.45, 2.75) is 13.8 Å². The van der Waals surface area contributed by atoms with E-state index >= 15 is 0 Å². The molecule has 1 fully saturated rings. The van der Waals surface area contributed by atoms with Gasteiger partial charge < -0.3 is 15.5 Å². The zero-order valence-electron chi connectivity index (χ0n) is 16.1. The minimum Gasteiger partial charge on any atom is -0.368 e. The van der Waals surface area contributed by atoms with Crippen LogP contribution in [0.25, 0.3) is 16.7 Å². The Hall–Kier alpha value is -3.35. The van der Waals surface area contributed by atoms with Gasteiger partial charge in [0.15, 0.2) is 5.82 Å². The number of benzene rings is 2. The van der Waals surface area contributed by atoms with Gasteiger partial charge in [-0.3, -0.25) is 4.40 Å². The third kappa shape index (κ3) is 2.62. The summed E-state index contributed by atoms with van der Waals surface area (Å²) in [4.78, 5) is 9.65. The Kier molecular flexibility index (Phi) is 3.82. The largest absolute Gasteiger partial charge is 0.368 e. The Bertz CT molecular complexity index is 1170. The standard InChI is InChI=1S/C21H23N7/c1-14-7-8-16-18(13-14)28-20(24-25-21(28)22)19(23-16)27-11-9-26(10-12-27)17-6-4-3-5-15(17)2/h3-8,13H,9-12H2,1-2H3,(H2,22,25). The van der Waals surface area contributed by atoms with Crippen molar-refractivity contribution in [1.82, 2.24) is 19.6 Å². The number of rotatable bonds is 2. The van der Waals surface area contributed by atoms with E-state index in [2.05, 4.69) is 70.2 Å². The number of fused-ring (bicyclic) bond motifs is 3. The van der Waals surface area contributed by atoms with Crippen molar-refractivity contribution < 1.29 is 0 Å². The van der Waals surface area contributed by atoms with Crippen LogP contribution in [0.15, 0.2) is 42.5 Å². The molecule has 0 spiro atoms. The zero-order chi connectivity index (χ0) is 19.3. The van der Waals surface area contributed by atoms with Crippen molar-refractivity contribution in [3.8, 4) is 0 Å². The lowest BCUT2D eigenvalue weighted by molar-refractivity contribution is 0.647. The summed E-state index contributed by atoms with van der Waals surface area (Å²) in [5.41, 5.74) is 12.5. The summed E-state index contributed by atoms with van der Waals surface area (Å²) in [6.07, 6.45) is 0. The Labute approximate surface area is 163 Å². The summed E-state index contributed by atoms with van der Waals surface area (Å²) in [5.74, 6) is 1.25. The van der Waals surface area contributed by atoms with Crippen molar-refractivity contribution in [3.05, 3.63) is 53.6 Å². The molecule has 0 bridgehead atoms. The molecule has 0 amide bonds. The highest BCUT2D eigenvalue weighted by Gasteiger charge is 2.23. The smallest absolute Gasteiger partial charge is 0.227 e. The van der Waals surface area contributed by atoms with Crippen LogP contribution in [-0.4, -0.2) is 45.8 Å². The Balaban J connectivity index is 1.52. The summed E-state index contributed by atoms with van der Waals surface area (Å²) in [7, 11) is 0. The first-order valence-corrected chi connectivity index (χ1v) is 9.58. The summed E-state index contributed by atoms with van der Waals surface area (Å²) >= 11 is 0. The molecule has 0 unspecified atom stereocenters. The molecule has 2 aromatic heterocycles. The second-order valence-electron chi connectivity index (χ2n) is 7.41. The van der Waals surface area contributed by atoms with Crippen LogP contribution in [0, 0.1) is 13.8 Å². The molecule has 7 nitrogen and oxygen atoms in total. The molecular weight excluding hydrogens is 350 g/mol. The zero-order valence-corrected chi connectivity index (χ0v) is 16.1. The molecule has 7 heteroatoms. The quantitative estimate of drug-likeness (QED) is 0.582. The van der Waals surface area contributed by atoms with E-state index in [4.69, 9.17) is 10.7 Å². The number of nitrogen functional groups attached to an aromatic ring is 1. The van der Waals surface area contributed by atoms with Gasteiger partial charge in [-0.2, -0.15) is 0 Å². The lowest BCUT2D eigenvalue weighted by Crippen LogP contribution is -2.47. The van der Waals surface area contributed by atoms with Crippen molar-refractivity contribution in [1.29, 1.82) is 0 Å². The van der Waals surface area contributed by atoms with Crippen LogP contribution in [-0.2, 0) is 0 Å². The number of piperazine rings is 1. The monoisotopic (exact) mass is 373 g/mol.